The number of morpholine rings is 2. The molecule has 6 nitrogen and oxygen atoms in total. The van der Waals surface area contributed by atoms with Crippen molar-refractivity contribution in [3.63, 3.8) is 0 Å². The number of nitrogens with zero attached hydrogens (tertiary/aromatic N) is 3. The van der Waals surface area contributed by atoms with E-state index in [1.165, 1.54) is 12.1 Å². The predicted molar refractivity (Wildman–Crippen MR) is 109 cm³/mol. The van der Waals surface area contributed by atoms with E-state index in [0.717, 1.165) is 51.4 Å². The first-order valence-corrected chi connectivity index (χ1v) is 10.4. The van der Waals surface area contributed by atoms with Crippen molar-refractivity contribution in [2.24, 2.45) is 10.9 Å². The van der Waals surface area contributed by atoms with E-state index in [9.17, 15) is 13.2 Å². The number of hydrogen-bond acceptors (Lipinski definition) is 4. The first-order chi connectivity index (χ1) is 14.4. The molecule has 1 aromatic carbocycles. The molecule has 168 valence electrons. The summed E-state index contributed by atoms with van der Waals surface area (Å²) in [4.78, 5) is 8.83. The Morgan fingerprint density at radius 3 is 2.70 bits per heavy atom. The van der Waals surface area contributed by atoms with Crippen LogP contribution in [-0.4, -0.2) is 81.9 Å². The van der Waals surface area contributed by atoms with Gasteiger partial charge in [-0.15, -0.1) is 0 Å². The lowest BCUT2D eigenvalue weighted by Crippen LogP contribution is -2.49. The van der Waals surface area contributed by atoms with Crippen molar-refractivity contribution in [1.82, 2.24) is 15.1 Å². The predicted octanol–water partition coefficient (Wildman–Crippen LogP) is 2.62. The number of halogens is 3. The minimum Gasteiger partial charge on any atom is -0.379 e. The van der Waals surface area contributed by atoms with Crippen LogP contribution in [0.4, 0.5) is 13.2 Å². The first kappa shape index (κ1) is 22.8. The molecule has 2 fully saturated rings. The Labute approximate surface area is 176 Å². The monoisotopic (exact) mass is 428 g/mol. The summed E-state index contributed by atoms with van der Waals surface area (Å²) in [6.07, 6.45) is -4.79. The van der Waals surface area contributed by atoms with Crippen LogP contribution in [-0.2, 0) is 15.7 Å². The van der Waals surface area contributed by atoms with Crippen LogP contribution in [0.2, 0.25) is 0 Å². The van der Waals surface area contributed by atoms with Gasteiger partial charge in [-0.1, -0.05) is 19.1 Å². The zero-order chi connectivity index (χ0) is 21.6. The van der Waals surface area contributed by atoms with Crippen molar-refractivity contribution in [3.8, 4) is 0 Å². The van der Waals surface area contributed by atoms with Crippen LogP contribution in [0.15, 0.2) is 29.3 Å². The van der Waals surface area contributed by atoms with Gasteiger partial charge in [0.1, 0.15) is 6.10 Å². The molecule has 0 amide bonds. The fourth-order valence-corrected chi connectivity index (χ4v) is 3.85. The summed E-state index contributed by atoms with van der Waals surface area (Å²) < 4.78 is 50.3. The highest BCUT2D eigenvalue weighted by molar-refractivity contribution is 5.80. The van der Waals surface area contributed by atoms with E-state index in [4.69, 9.17) is 9.47 Å². The molecule has 3 rings (SSSR count). The maximum Gasteiger partial charge on any atom is 0.416 e. The summed E-state index contributed by atoms with van der Waals surface area (Å²) in [5.41, 5.74) is -0.120. The lowest BCUT2D eigenvalue weighted by Gasteiger charge is -2.36. The smallest absolute Gasteiger partial charge is 0.379 e. The average molecular weight is 428 g/mol. The minimum atomic E-state index is -4.36. The van der Waals surface area contributed by atoms with Gasteiger partial charge in [-0.25, -0.2) is 0 Å². The Hall–Kier alpha value is -1.84. The zero-order valence-corrected chi connectivity index (χ0v) is 17.6. The Bertz CT molecular complexity index is 708. The summed E-state index contributed by atoms with van der Waals surface area (Å²) in [7, 11) is 1.73. The second-order valence-electron chi connectivity index (χ2n) is 7.87. The van der Waals surface area contributed by atoms with Gasteiger partial charge in [0.2, 0.25) is 0 Å². The lowest BCUT2D eigenvalue weighted by atomic mass is 10.0. The van der Waals surface area contributed by atoms with Gasteiger partial charge in [0.05, 0.1) is 31.9 Å². The molecule has 0 saturated carbocycles. The molecule has 2 saturated heterocycles. The zero-order valence-electron chi connectivity index (χ0n) is 17.6. The highest BCUT2D eigenvalue weighted by Gasteiger charge is 2.32. The van der Waals surface area contributed by atoms with Crippen LogP contribution in [0.5, 0.6) is 0 Å². The summed E-state index contributed by atoms with van der Waals surface area (Å²) in [6.45, 7) is 8.98. The number of hydrogen-bond donors (Lipinski definition) is 1. The molecule has 0 bridgehead atoms. The normalized spacial score (nSPS) is 22.8. The van der Waals surface area contributed by atoms with Crippen molar-refractivity contribution in [2.75, 3.05) is 66.1 Å². The quantitative estimate of drug-likeness (QED) is 0.577. The van der Waals surface area contributed by atoms with Crippen molar-refractivity contribution in [3.05, 3.63) is 35.4 Å². The summed E-state index contributed by atoms with van der Waals surface area (Å²) in [5, 5.41) is 3.42. The molecule has 2 unspecified atom stereocenters. The summed E-state index contributed by atoms with van der Waals surface area (Å²) in [6, 6.07) is 5.38. The van der Waals surface area contributed by atoms with Crippen LogP contribution in [0.3, 0.4) is 0 Å². The van der Waals surface area contributed by atoms with Crippen LogP contribution >= 0.6 is 0 Å². The lowest BCUT2D eigenvalue weighted by molar-refractivity contribution is -0.137. The second-order valence-corrected chi connectivity index (χ2v) is 7.87. The fourth-order valence-electron chi connectivity index (χ4n) is 3.85. The van der Waals surface area contributed by atoms with E-state index in [2.05, 4.69) is 27.0 Å². The van der Waals surface area contributed by atoms with E-state index in [1.54, 1.807) is 13.1 Å². The molecule has 1 N–H and O–H groups in total. The highest BCUT2D eigenvalue weighted by atomic mass is 19.4. The van der Waals surface area contributed by atoms with Crippen LogP contribution in [0.25, 0.3) is 0 Å². The third-order valence-electron chi connectivity index (χ3n) is 5.45. The number of aliphatic imine (C=N–C) groups is 1. The summed E-state index contributed by atoms with van der Waals surface area (Å²) in [5.74, 6) is 1.18. The maximum atomic E-state index is 13.0. The second kappa shape index (κ2) is 10.5. The van der Waals surface area contributed by atoms with E-state index >= 15 is 0 Å². The van der Waals surface area contributed by atoms with E-state index in [-0.39, 0.29) is 0 Å². The van der Waals surface area contributed by atoms with Crippen molar-refractivity contribution in [2.45, 2.75) is 19.2 Å². The molecule has 2 atom stereocenters. The molecule has 2 aliphatic rings. The van der Waals surface area contributed by atoms with Gasteiger partial charge < -0.3 is 19.7 Å². The number of guanidine groups is 1. The maximum absolute atomic E-state index is 13.0. The molecule has 2 aliphatic heterocycles. The van der Waals surface area contributed by atoms with Crippen molar-refractivity contribution >= 4 is 5.96 Å². The Kier molecular flexibility index (Phi) is 7.96. The van der Waals surface area contributed by atoms with Gasteiger partial charge >= 0.3 is 6.18 Å². The summed E-state index contributed by atoms with van der Waals surface area (Å²) >= 11 is 0. The number of alkyl halides is 3. The Morgan fingerprint density at radius 2 is 2.00 bits per heavy atom. The van der Waals surface area contributed by atoms with E-state index in [1.807, 2.05) is 0 Å². The largest absolute Gasteiger partial charge is 0.416 e. The minimum absolute atomic E-state index is 0.426. The van der Waals surface area contributed by atoms with Crippen molar-refractivity contribution in [1.29, 1.82) is 0 Å². The van der Waals surface area contributed by atoms with Gasteiger partial charge in [-0.05, 0) is 23.6 Å². The molecular weight excluding hydrogens is 397 g/mol. The third kappa shape index (κ3) is 6.33. The highest BCUT2D eigenvalue weighted by Crippen LogP contribution is 2.32. The molecule has 9 heteroatoms. The molecule has 1 aromatic rings. The van der Waals surface area contributed by atoms with Gasteiger partial charge in [0.15, 0.2) is 5.96 Å². The van der Waals surface area contributed by atoms with E-state index < -0.39 is 17.8 Å². The molecule has 0 radical (unpaired) electrons. The standard InChI is InChI=1S/C21H31F3N4O2/c1-16(14-27-6-9-29-10-7-27)13-26-20(25-2)28-8-11-30-19(15-28)17-4-3-5-18(12-17)21(22,23)24/h3-5,12,16,19H,6-11,13-15H2,1-2H3,(H,25,26). The Morgan fingerprint density at radius 1 is 1.23 bits per heavy atom. The van der Waals surface area contributed by atoms with Crippen LogP contribution < -0.4 is 5.32 Å². The molecule has 0 aromatic heterocycles. The van der Waals surface area contributed by atoms with Gasteiger partial charge in [0.25, 0.3) is 0 Å². The first-order valence-electron chi connectivity index (χ1n) is 10.4. The molecular formula is C21H31F3N4O2. The topological polar surface area (TPSA) is 49.3 Å². The average Bonchev–Trinajstić information content (AvgIpc) is 2.75. The van der Waals surface area contributed by atoms with Gasteiger partial charge in [-0.2, -0.15) is 13.2 Å². The SMILES string of the molecule is CN=C(NCC(C)CN1CCOCC1)N1CCOC(c2cccc(C(F)(F)F)c2)C1. The Balaban J connectivity index is 1.55. The number of benzene rings is 1. The third-order valence-corrected chi connectivity index (χ3v) is 5.45. The molecule has 2 heterocycles. The van der Waals surface area contributed by atoms with Crippen molar-refractivity contribution < 1.29 is 22.6 Å². The number of ether oxygens (including phenoxy) is 2. The number of rotatable bonds is 5. The van der Waals surface area contributed by atoms with E-state index in [0.29, 0.717) is 31.2 Å². The molecule has 0 spiro atoms. The van der Waals surface area contributed by atoms with Crippen LogP contribution in [0.1, 0.15) is 24.2 Å². The van der Waals surface area contributed by atoms with Gasteiger partial charge in [0, 0.05) is 39.8 Å². The molecule has 0 aliphatic carbocycles. The molecule has 30 heavy (non-hydrogen) atoms. The van der Waals surface area contributed by atoms with Crippen LogP contribution in [0, 0.1) is 5.92 Å². The number of nitrogens with one attached hydrogen (secondary N) is 1. The fraction of sp³-hybridized carbons (Fsp3) is 0.667. The van der Waals surface area contributed by atoms with Gasteiger partial charge in [-0.3, -0.25) is 9.89 Å².